The van der Waals surface area contributed by atoms with E-state index in [0.717, 1.165) is 16.3 Å². The van der Waals surface area contributed by atoms with Gasteiger partial charge in [0.25, 0.3) is 0 Å². The second-order valence-corrected chi connectivity index (χ2v) is 8.02. The van der Waals surface area contributed by atoms with Crippen molar-refractivity contribution in [3.05, 3.63) is 66.2 Å². The van der Waals surface area contributed by atoms with Crippen molar-refractivity contribution in [1.82, 2.24) is 4.72 Å². The second-order valence-electron chi connectivity index (χ2n) is 6.29. The lowest BCUT2D eigenvalue weighted by Crippen LogP contribution is -2.26. The van der Waals surface area contributed by atoms with E-state index in [1.165, 1.54) is 26.4 Å². The van der Waals surface area contributed by atoms with E-state index in [1.54, 1.807) is 6.07 Å². The molecule has 2 N–H and O–H groups in total. The fourth-order valence-electron chi connectivity index (χ4n) is 3.10. The van der Waals surface area contributed by atoms with Crippen LogP contribution in [-0.2, 0) is 10.0 Å². The lowest BCUT2D eigenvalue weighted by molar-refractivity contribution is 0.170. The molecule has 6 nitrogen and oxygen atoms in total. The van der Waals surface area contributed by atoms with E-state index >= 15 is 0 Å². The Labute approximate surface area is 164 Å². The SMILES string of the molecule is COc1ccc(S(=O)(=O)NCCC(O)c2cccc3ccccc23)c(OC)c1. The van der Waals surface area contributed by atoms with Crippen molar-refractivity contribution in [2.45, 2.75) is 17.4 Å². The number of ether oxygens (including phenoxy) is 2. The molecule has 0 aliphatic heterocycles. The molecule has 0 aliphatic rings. The lowest BCUT2D eigenvalue weighted by Gasteiger charge is -2.15. The first-order valence-electron chi connectivity index (χ1n) is 8.83. The lowest BCUT2D eigenvalue weighted by atomic mass is 9.99. The highest BCUT2D eigenvalue weighted by atomic mass is 32.2. The Kier molecular flexibility index (Phi) is 6.18. The van der Waals surface area contributed by atoms with E-state index in [4.69, 9.17) is 9.47 Å². The normalized spacial score (nSPS) is 12.7. The third-order valence-electron chi connectivity index (χ3n) is 4.55. The van der Waals surface area contributed by atoms with Crippen molar-refractivity contribution in [3.8, 4) is 11.5 Å². The molecule has 0 spiro atoms. The van der Waals surface area contributed by atoms with Crippen LogP contribution < -0.4 is 14.2 Å². The van der Waals surface area contributed by atoms with Crippen molar-refractivity contribution >= 4 is 20.8 Å². The van der Waals surface area contributed by atoms with Crippen LogP contribution in [-0.4, -0.2) is 34.3 Å². The summed E-state index contributed by atoms with van der Waals surface area (Å²) >= 11 is 0. The van der Waals surface area contributed by atoms with Crippen LogP contribution in [0.3, 0.4) is 0 Å². The van der Waals surface area contributed by atoms with E-state index < -0.39 is 16.1 Å². The summed E-state index contributed by atoms with van der Waals surface area (Å²) in [5.74, 6) is 0.698. The van der Waals surface area contributed by atoms with Gasteiger partial charge in [-0.1, -0.05) is 42.5 Å². The molecule has 0 bridgehead atoms. The Bertz CT molecular complexity index is 1060. The van der Waals surface area contributed by atoms with Gasteiger partial charge in [0.15, 0.2) is 0 Å². The van der Waals surface area contributed by atoms with Gasteiger partial charge in [-0.25, -0.2) is 13.1 Å². The molecule has 0 aliphatic carbocycles. The van der Waals surface area contributed by atoms with E-state index in [-0.39, 0.29) is 23.6 Å². The van der Waals surface area contributed by atoms with E-state index in [2.05, 4.69) is 4.72 Å². The first kappa shape index (κ1) is 20.1. The molecule has 3 aromatic carbocycles. The van der Waals surface area contributed by atoms with E-state index in [9.17, 15) is 13.5 Å². The molecule has 0 amide bonds. The summed E-state index contributed by atoms with van der Waals surface area (Å²) in [4.78, 5) is 0.0236. The number of fused-ring (bicyclic) bond motifs is 1. The van der Waals surface area contributed by atoms with E-state index in [1.807, 2.05) is 42.5 Å². The fraction of sp³-hybridized carbons (Fsp3) is 0.238. The maximum Gasteiger partial charge on any atom is 0.244 e. The second kappa shape index (κ2) is 8.60. The number of hydrogen-bond donors (Lipinski definition) is 2. The molecule has 0 saturated carbocycles. The van der Waals surface area contributed by atoms with Crippen molar-refractivity contribution in [3.63, 3.8) is 0 Å². The van der Waals surface area contributed by atoms with Crippen molar-refractivity contribution in [2.24, 2.45) is 0 Å². The minimum Gasteiger partial charge on any atom is -0.497 e. The molecular formula is C21H23NO5S. The van der Waals surface area contributed by atoms with Crippen LogP contribution in [0.5, 0.6) is 11.5 Å². The molecule has 3 aromatic rings. The van der Waals surface area contributed by atoms with Gasteiger partial charge in [0.2, 0.25) is 10.0 Å². The predicted molar refractivity (Wildman–Crippen MR) is 108 cm³/mol. The number of benzene rings is 3. The molecule has 0 heterocycles. The number of aliphatic hydroxyl groups excluding tert-OH is 1. The maximum atomic E-state index is 12.6. The molecular weight excluding hydrogens is 378 g/mol. The summed E-state index contributed by atoms with van der Waals surface area (Å²) in [5, 5.41) is 12.6. The van der Waals surface area contributed by atoms with Crippen LogP contribution >= 0.6 is 0 Å². The first-order valence-corrected chi connectivity index (χ1v) is 10.3. The van der Waals surface area contributed by atoms with Crippen LogP contribution in [0, 0.1) is 0 Å². The van der Waals surface area contributed by atoms with Gasteiger partial charge >= 0.3 is 0 Å². The Hall–Kier alpha value is -2.61. The predicted octanol–water partition coefficient (Wildman–Crippen LogP) is 3.26. The highest BCUT2D eigenvalue weighted by Gasteiger charge is 2.20. The molecule has 1 atom stereocenters. The van der Waals surface area contributed by atoms with Gasteiger partial charge in [-0.05, 0) is 34.9 Å². The van der Waals surface area contributed by atoms with Gasteiger partial charge < -0.3 is 14.6 Å². The summed E-state index contributed by atoms with van der Waals surface area (Å²) in [7, 11) is -0.893. The zero-order chi connectivity index (χ0) is 20.1. The fourth-order valence-corrected chi connectivity index (χ4v) is 4.30. The molecule has 28 heavy (non-hydrogen) atoms. The van der Waals surface area contributed by atoms with Gasteiger partial charge in [0.05, 0.1) is 20.3 Å². The zero-order valence-electron chi connectivity index (χ0n) is 15.8. The van der Waals surface area contributed by atoms with Gasteiger partial charge in [-0.15, -0.1) is 0 Å². The molecule has 0 saturated heterocycles. The highest BCUT2D eigenvalue weighted by Crippen LogP contribution is 2.29. The molecule has 7 heteroatoms. The number of methoxy groups -OCH3 is 2. The standard InChI is InChI=1S/C21H23NO5S/c1-26-16-10-11-21(20(14-16)27-2)28(24,25)22-13-12-19(23)18-9-5-7-15-6-3-4-8-17(15)18/h3-11,14,19,22-23H,12-13H2,1-2H3. The average Bonchev–Trinajstić information content (AvgIpc) is 2.72. The Morgan fingerprint density at radius 2 is 1.75 bits per heavy atom. The summed E-state index contributed by atoms with van der Waals surface area (Å²) in [6.45, 7) is 0.0852. The number of nitrogens with one attached hydrogen (secondary N) is 1. The van der Waals surface area contributed by atoms with Crippen molar-refractivity contribution < 1.29 is 23.0 Å². The van der Waals surface area contributed by atoms with Gasteiger partial charge in [-0.2, -0.15) is 0 Å². The summed E-state index contributed by atoms with van der Waals surface area (Å²) in [6, 6.07) is 18.0. The van der Waals surface area contributed by atoms with Gasteiger partial charge in [0, 0.05) is 12.6 Å². The van der Waals surface area contributed by atoms with Crippen molar-refractivity contribution in [1.29, 1.82) is 0 Å². The van der Waals surface area contributed by atoms with Crippen molar-refractivity contribution in [2.75, 3.05) is 20.8 Å². The minimum atomic E-state index is -3.79. The topological polar surface area (TPSA) is 84.9 Å². The third kappa shape index (κ3) is 4.27. The van der Waals surface area contributed by atoms with Gasteiger partial charge in [-0.3, -0.25) is 0 Å². The first-order chi connectivity index (χ1) is 13.5. The van der Waals surface area contributed by atoms with E-state index in [0.29, 0.717) is 5.75 Å². The molecule has 0 fully saturated rings. The van der Waals surface area contributed by atoms with Crippen LogP contribution in [0.25, 0.3) is 10.8 Å². The largest absolute Gasteiger partial charge is 0.497 e. The average molecular weight is 401 g/mol. The monoisotopic (exact) mass is 401 g/mol. The quantitative estimate of drug-likeness (QED) is 0.605. The highest BCUT2D eigenvalue weighted by molar-refractivity contribution is 7.89. The smallest absolute Gasteiger partial charge is 0.244 e. The van der Waals surface area contributed by atoms with Crippen LogP contribution in [0.15, 0.2) is 65.6 Å². The third-order valence-corrected chi connectivity index (χ3v) is 6.05. The molecule has 0 aromatic heterocycles. The maximum absolute atomic E-state index is 12.6. The van der Waals surface area contributed by atoms with Gasteiger partial charge in [0.1, 0.15) is 16.4 Å². The number of hydrogen-bond acceptors (Lipinski definition) is 5. The Balaban J connectivity index is 1.72. The number of aliphatic hydroxyl groups is 1. The van der Waals surface area contributed by atoms with Crippen LogP contribution in [0.1, 0.15) is 18.1 Å². The Morgan fingerprint density at radius 1 is 1.00 bits per heavy atom. The molecule has 148 valence electrons. The number of rotatable bonds is 8. The van der Waals surface area contributed by atoms with Crippen LogP contribution in [0.4, 0.5) is 0 Å². The molecule has 1 unspecified atom stereocenters. The zero-order valence-corrected chi connectivity index (χ0v) is 16.6. The summed E-state index contributed by atoms with van der Waals surface area (Å²) < 4.78 is 38.0. The minimum absolute atomic E-state index is 0.0236. The molecule has 3 rings (SSSR count). The summed E-state index contributed by atoms with van der Waals surface area (Å²) in [5.41, 5.74) is 0.777. The van der Waals surface area contributed by atoms with Crippen LogP contribution in [0.2, 0.25) is 0 Å². The Morgan fingerprint density at radius 3 is 2.50 bits per heavy atom. The summed E-state index contributed by atoms with van der Waals surface area (Å²) in [6.07, 6.45) is -0.544. The number of sulfonamides is 1. The molecule has 0 radical (unpaired) electrons.